The summed E-state index contributed by atoms with van der Waals surface area (Å²) in [5.74, 6) is 0.0439. The number of piperazine rings is 1. The van der Waals surface area contributed by atoms with E-state index in [0.717, 1.165) is 37.4 Å². The molecule has 0 spiro atoms. The Labute approximate surface area is 164 Å². The molecular weight excluding hydrogens is 362 g/mol. The van der Waals surface area contributed by atoms with Crippen LogP contribution >= 0.6 is 11.6 Å². The number of hydrogen-bond donors (Lipinski definition) is 1. The third-order valence-electron chi connectivity index (χ3n) is 4.97. The van der Waals surface area contributed by atoms with Gasteiger partial charge in [-0.1, -0.05) is 17.7 Å². The number of amides is 1. The molecule has 1 amide bonds. The van der Waals surface area contributed by atoms with Crippen molar-refractivity contribution in [2.45, 2.75) is 19.9 Å². The lowest BCUT2D eigenvalue weighted by Gasteiger charge is -2.38. The van der Waals surface area contributed by atoms with E-state index in [-0.39, 0.29) is 17.7 Å². The third-order valence-corrected chi connectivity index (χ3v) is 5.21. The molecule has 0 aliphatic carbocycles. The summed E-state index contributed by atoms with van der Waals surface area (Å²) in [4.78, 5) is 28.4. The van der Waals surface area contributed by atoms with Crippen molar-refractivity contribution in [3.63, 3.8) is 0 Å². The molecule has 0 aromatic heterocycles. The summed E-state index contributed by atoms with van der Waals surface area (Å²) >= 11 is 5.97. The second kappa shape index (κ2) is 8.55. The maximum absolute atomic E-state index is 12.5. The predicted octanol–water partition coefficient (Wildman–Crippen LogP) is 3.69. The highest BCUT2D eigenvalue weighted by molar-refractivity contribution is 6.30. The number of carbonyl (C=O) groups is 2. The first-order chi connectivity index (χ1) is 12.9. The van der Waals surface area contributed by atoms with Crippen LogP contribution in [0.2, 0.25) is 5.02 Å². The quantitative estimate of drug-likeness (QED) is 0.797. The monoisotopic (exact) mass is 385 g/mol. The summed E-state index contributed by atoms with van der Waals surface area (Å²) in [6.07, 6.45) is 0. The number of anilines is 2. The maximum Gasteiger partial charge on any atom is 0.241 e. The molecule has 1 atom stereocenters. The Hall–Kier alpha value is -2.37. The standard InChI is InChI=1S/C21H24ClN3O2/c1-15(21(27)23-19-5-3-4-18(22)14-19)24-10-12-25(13-11-24)20-8-6-17(7-9-20)16(2)26/h3-9,14-15H,10-13H2,1-2H3,(H,23,27)/t15-/m1/s1. The summed E-state index contributed by atoms with van der Waals surface area (Å²) in [5, 5.41) is 3.53. The van der Waals surface area contributed by atoms with Crippen LogP contribution in [0, 0.1) is 0 Å². The van der Waals surface area contributed by atoms with Gasteiger partial charge in [0.1, 0.15) is 0 Å². The van der Waals surface area contributed by atoms with Gasteiger partial charge in [-0.15, -0.1) is 0 Å². The van der Waals surface area contributed by atoms with Crippen LogP contribution in [0.25, 0.3) is 0 Å². The van der Waals surface area contributed by atoms with E-state index in [4.69, 9.17) is 11.6 Å². The number of benzene rings is 2. The summed E-state index contributed by atoms with van der Waals surface area (Å²) in [5.41, 5.74) is 2.54. The second-order valence-electron chi connectivity index (χ2n) is 6.80. The highest BCUT2D eigenvalue weighted by Crippen LogP contribution is 2.19. The molecule has 1 aliphatic rings. The second-order valence-corrected chi connectivity index (χ2v) is 7.24. The molecule has 1 N–H and O–H groups in total. The van der Waals surface area contributed by atoms with Gasteiger partial charge in [0.15, 0.2) is 5.78 Å². The minimum Gasteiger partial charge on any atom is -0.369 e. The summed E-state index contributed by atoms with van der Waals surface area (Å²) in [6.45, 7) is 6.79. The molecule has 0 bridgehead atoms. The van der Waals surface area contributed by atoms with Crippen molar-refractivity contribution in [2.24, 2.45) is 0 Å². The van der Waals surface area contributed by atoms with Crippen molar-refractivity contribution in [1.29, 1.82) is 0 Å². The molecule has 0 radical (unpaired) electrons. The van der Waals surface area contributed by atoms with Gasteiger partial charge in [-0.3, -0.25) is 14.5 Å². The number of halogens is 1. The highest BCUT2D eigenvalue weighted by Gasteiger charge is 2.25. The minimum atomic E-state index is -0.216. The Morgan fingerprint density at radius 2 is 1.70 bits per heavy atom. The van der Waals surface area contributed by atoms with Gasteiger partial charge < -0.3 is 10.2 Å². The largest absolute Gasteiger partial charge is 0.369 e. The summed E-state index contributed by atoms with van der Waals surface area (Å²) in [6, 6.07) is 14.7. The van der Waals surface area contributed by atoms with Gasteiger partial charge in [-0.05, 0) is 56.3 Å². The summed E-state index contributed by atoms with van der Waals surface area (Å²) in [7, 11) is 0. The van der Waals surface area contributed by atoms with Crippen LogP contribution in [0.5, 0.6) is 0 Å². The minimum absolute atomic E-state index is 0.0310. The molecule has 0 unspecified atom stereocenters. The molecule has 3 rings (SSSR count). The zero-order valence-electron chi connectivity index (χ0n) is 15.6. The first-order valence-corrected chi connectivity index (χ1v) is 9.48. The topological polar surface area (TPSA) is 52.7 Å². The van der Waals surface area contributed by atoms with Gasteiger partial charge in [-0.2, -0.15) is 0 Å². The predicted molar refractivity (Wildman–Crippen MR) is 110 cm³/mol. The molecular formula is C21H24ClN3O2. The fourth-order valence-corrected chi connectivity index (χ4v) is 3.44. The van der Waals surface area contributed by atoms with E-state index in [2.05, 4.69) is 15.1 Å². The van der Waals surface area contributed by atoms with Gasteiger partial charge >= 0.3 is 0 Å². The lowest BCUT2D eigenvalue weighted by Crippen LogP contribution is -2.52. The van der Waals surface area contributed by atoms with Gasteiger partial charge in [0.25, 0.3) is 0 Å². The Bertz CT molecular complexity index is 814. The Morgan fingerprint density at radius 1 is 1.04 bits per heavy atom. The normalized spacial score (nSPS) is 16.0. The summed E-state index contributed by atoms with van der Waals surface area (Å²) < 4.78 is 0. The number of ketones is 1. The fraction of sp³-hybridized carbons (Fsp3) is 0.333. The Balaban J connectivity index is 1.54. The van der Waals surface area contributed by atoms with E-state index < -0.39 is 0 Å². The molecule has 0 saturated carbocycles. The average molecular weight is 386 g/mol. The molecule has 1 saturated heterocycles. The van der Waals surface area contributed by atoms with Crippen molar-refractivity contribution in [3.8, 4) is 0 Å². The van der Waals surface area contributed by atoms with Crippen LogP contribution in [-0.4, -0.2) is 48.8 Å². The molecule has 1 fully saturated rings. The Morgan fingerprint density at radius 3 is 2.30 bits per heavy atom. The van der Waals surface area contributed by atoms with Crippen LogP contribution in [-0.2, 0) is 4.79 Å². The number of rotatable bonds is 5. The van der Waals surface area contributed by atoms with Gasteiger partial charge in [0, 0.05) is 48.1 Å². The van der Waals surface area contributed by atoms with Crippen LogP contribution in [0.1, 0.15) is 24.2 Å². The van der Waals surface area contributed by atoms with E-state index in [1.54, 1.807) is 19.1 Å². The smallest absolute Gasteiger partial charge is 0.241 e. The van der Waals surface area contributed by atoms with Gasteiger partial charge in [-0.25, -0.2) is 0 Å². The van der Waals surface area contributed by atoms with Crippen molar-refractivity contribution in [3.05, 3.63) is 59.1 Å². The number of hydrogen-bond acceptors (Lipinski definition) is 4. The molecule has 1 heterocycles. The van der Waals surface area contributed by atoms with Crippen molar-refractivity contribution < 1.29 is 9.59 Å². The van der Waals surface area contributed by atoms with E-state index in [0.29, 0.717) is 10.7 Å². The zero-order chi connectivity index (χ0) is 19.4. The Kier molecular flexibility index (Phi) is 6.14. The lowest BCUT2D eigenvalue weighted by atomic mass is 10.1. The number of nitrogens with one attached hydrogen (secondary N) is 1. The molecule has 5 nitrogen and oxygen atoms in total. The number of nitrogens with zero attached hydrogens (tertiary/aromatic N) is 2. The number of Topliss-reactive ketones (excluding diaryl/α,β-unsaturated/α-hetero) is 1. The van der Waals surface area contributed by atoms with E-state index in [9.17, 15) is 9.59 Å². The fourth-order valence-electron chi connectivity index (χ4n) is 3.25. The van der Waals surface area contributed by atoms with Crippen LogP contribution in [0.4, 0.5) is 11.4 Å². The molecule has 2 aromatic rings. The van der Waals surface area contributed by atoms with Crippen LogP contribution < -0.4 is 10.2 Å². The molecule has 2 aromatic carbocycles. The van der Waals surface area contributed by atoms with Crippen molar-refractivity contribution in [2.75, 3.05) is 36.4 Å². The molecule has 6 heteroatoms. The van der Waals surface area contributed by atoms with Crippen molar-refractivity contribution >= 4 is 34.7 Å². The van der Waals surface area contributed by atoms with Crippen LogP contribution in [0.3, 0.4) is 0 Å². The SMILES string of the molecule is CC(=O)c1ccc(N2CCN([C@H](C)C(=O)Nc3cccc(Cl)c3)CC2)cc1. The third kappa shape index (κ3) is 4.87. The lowest BCUT2D eigenvalue weighted by molar-refractivity contribution is -0.120. The van der Waals surface area contributed by atoms with E-state index in [1.807, 2.05) is 43.3 Å². The van der Waals surface area contributed by atoms with Gasteiger partial charge in [0.2, 0.25) is 5.91 Å². The molecule has 27 heavy (non-hydrogen) atoms. The average Bonchev–Trinajstić information content (AvgIpc) is 2.67. The molecule has 142 valence electrons. The first kappa shape index (κ1) is 19.4. The van der Waals surface area contributed by atoms with Crippen molar-refractivity contribution in [1.82, 2.24) is 4.90 Å². The van der Waals surface area contributed by atoms with E-state index >= 15 is 0 Å². The van der Waals surface area contributed by atoms with Gasteiger partial charge in [0.05, 0.1) is 6.04 Å². The molecule has 1 aliphatic heterocycles. The highest BCUT2D eigenvalue weighted by atomic mass is 35.5. The first-order valence-electron chi connectivity index (χ1n) is 9.10. The number of carbonyl (C=O) groups excluding carboxylic acids is 2. The van der Waals surface area contributed by atoms with E-state index in [1.165, 1.54) is 0 Å². The van der Waals surface area contributed by atoms with Crippen LogP contribution in [0.15, 0.2) is 48.5 Å². The zero-order valence-corrected chi connectivity index (χ0v) is 16.4. The maximum atomic E-state index is 12.5.